The van der Waals surface area contributed by atoms with Gasteiger partial charge in [0.1, 0.15) is 6.04 Å². The van der Waals surface area contributed by atoms with Gasteiger partial charge in [-0.2, -0.15) is 0 Å². The fourth-order valence-electron chi connectivity index (χ4n) is 2.31. The van der Waals surface area contributed by atoms with E-state index < -0.39 is 6.04 Å². The Kier molecular flexibility index (Phi) is 4.33. The summed E-state index contributed by atoms with van der Waals surface area (Å²) in [6.07, 6.45) is 1.02. The molecule has 0 amide bonds. The van der Waals surface area contributed by atoms with Crippen molar-refractivity contribution >= 4 is 5.97 Å². The molecular weight excluding hydrogens is 228 g/mol. The van der Waals surface area contributed by atoms with E-state index in [9.17, 15) is 4.79 Å². The lowest BCUT2D eigenvalue weighted by Crippen LogP contribution is -2.45. The summed E-state index contributed by atoms with van der Waals surface area (Å²) in [7, 11) is 0. The van der Waals surface area contributed by atoms with Crippen LogP contribution in [0.1, 0.15) is 18.1 Å². The minimum absolute atomic E-state index is 0.309. The molecule has 1 heterocycles. The molecule has 1 aliphatic rings. The van der Waals surface area contributed by atoms with Gasteiger partial charge < -0.3 is 10.5 Å². The van der Waals surface area contributed by atoms with E-state index in [4.69, 9.17) is 10.5 Å². The van der Waals surface area contributed by atoms with E-state index in [1.807, 2.05) is 6.07 Å². The van der Waals surface area contributed by atoms with Gasteiger partial charge in [-0.1, -0.05) is 24.3 Å². The van der Waals surface area contributed by atoms with Crippen molar-refractivity contribution in [3.8, 4) is 0 Å². The van der Waals surface area contributed by atoms with E-state index >= 15 is 0 Å². The summed E-state index contributed by atoms with van der Waals surface area (Å²) in [5.41, 5.74) is 8.57. The van der Waals surface area contributed by atoms with Crippen LogP contribution in [0.3, 0.4) is 0 Å². The number of benzene rings is 1. The van der Waals surface area contributed by atoms with Crippen molar-refractivity contribution in [2.75, 3.05) is 19.7 Å². The third-order valence-corrected chi connectivity index (χ3v) is 3.25. The summed E-state index contributed by atoms with van der Waals surface area (Å²) in [4.78, 5) is 13.7. The first-order valence-corrected chi connectivity index (χ1v) is 6.42. The lowest BCUT2D eigenvalue weighted by atomic mass is 9.99. The second-order valence-corrected chi connectivity index (χ2v) is 4.61. The van der Waals surface area contributed by atoms with Crippen LogP contribution >= 0.6 is 0 Å². The van der Waals surface area contributed by atoms with Crippen LogP contribution in [0.2, 0.25) is 0 Å². The Morgan fingerprint density at radius 1 is 1.44 bits per heavy atom. The number of rotatable bonds is 4. The monoisotopic (exact) mass is 248 g/mol. The number of nitrogens with two attached hydrogens (primary N) is 1. The van der Waals surface area contributed by atoms with Crippen LogP contribution in [0.25, 0.3) is 0 Å². The third-order valence-electron chi connectivity index (χ3n) is 3.25. The van der Waals surface area contributed by atoms with E-state index in [0.717, 1.165) is 19.5 Å². The minimum atomic E-state index is -0.546. The van der Waals surface area contributed by atoms with E-state index in [-0.39, 0.29) is 5.97 Å². The lowest BCUT2D eigenvalue weighted by Gasteiger charge is -2.30. The van der Waals surface area contributed by atoms with Crippen molar-refractivity contribution in [1.82, 2.24) is 4.90 Å². The standard InChI is InChI=1S/C14H20N2O2/c1-2-18-14(17)13(15)10-16-8-7-11-5-3-4-6-12(11)9-16/h3-6,13H,2,7-10,15H2,1H3. The number of carbonyl (C=O) groups is 1. The van der Waals surface area contributed by atoms with Gasteiger partial charge in [-0.3, -0.25) is 9.69 Å². The predicted octanol–water partition coefficient (Wildman–Crippen LogP) is 0.935. The highest BCUT2D eigenvalue weighted by Crippen LogP contribution is 2.18. The number of hydrogen-bond acceptors (Lipinski definition) is 4. The molecule has 0 spiro atoms. The fourth-order valence-corrected chi connectivity index (χ4v) is 2.31. The molecule has 0 bridgehead atoms. The van der Waals surface area contributed by atoms with Crippen molar-refractivity contribution < 1.29 is 9.53 Å². The van der Waals surface area contributed by atoms with Gasteiger partial charge in [0.25, 0.3) is 0 Å². The van der Waals surface area contributed by atoms with E-state index in [1.165, 1.54) is 11.1 Å². The van der Waals surface area contributed by atoms with Gasteiger partial charge in [-0.15, -0.1) is 0 Å². The summed E-state index contributed by atoms with van der Waals surface area (Å²) < 4.78 is 4.92. The molecule has 1 aromatic rings. The van der Waals surface area contributed by atoms with Gasteiger partial charge in [0.05, 0.1) is 6.61 Å². The fraction of sp³-hybridized carbons (Fsp3) is 0.500. The van der Waals surface area contributed by atoms with Crippen LogP contribution in [0.15, 0.2) is 24.3 Å². The van der Waals surface area contributed by atoms with Crippen LogP contribution in [0.4, 0.5) is 0 Å². The van der Waals surface area contributed by atoms with Crippen LogP contribution in [-0.2, 0) is 22.5 Å². The van der Waals surface area contributed by atoms with E-state index in [0.29, 0.717) is 13.2 Å². The average molecular weight is 248 g/mol. The zero-order valence-electron chi connectivity index (χ0n) is 10.8. The highest BCUT2D eigenvalue weighted by Gasteiger charge is 2.21. The second kappa shape index (κ2) is 5.98. The molecule has 2 N–H and O–H groups in total. The first-order chi connectivity index (χ1) is 8.70. The number of fused-ring (bicyclic) bond motifs is 1. The molecule has 0 fully saturated rings. The molecular formula is C14H20N2O2. The molecule has 0 aromatic heterocycles. The Bertz CT molecular complexity index is 420. The molecule has 1 atom stereocenters. The Morgan fingerprint density at radius 2 is 2.17 bits per heavy atom. The molecule has 0 aliphatic carbocycles. The smallest absolute Gasteiger partial charge is 0.324 e. The Morgan fingerprint density at radius 3 is 2.89 bits per heavy atom. The first kappa shape index (κ1) is 13.1. The SMILES string of the molecule is CCOC(=O)C(N)CN1CCc2ccccc2C1. The zero-order chi connectivity index (χ0) is 13.0. The van der Waals surface area contributed by atoms with E-state index in [2.05, 4.69) is 23.1 Å². The van der Waals surface area contributed by atoms with Crippen LogP contribution in [0.5, 0.6) is 0 Å². The number of carbonyl (C=O) groups excluding carboxylic acids is 1. The van der Waals surface area contributed by atoms with Crippen molar-refractivity contribution in [1.29, 1.82) is 0 Å². The van der Waals surface area contributed by atoms with Gasteiger partial charge in [0, 0.05) is 19.6 Å². The molecule has 1 unspecified atom stereocenters. The van der Waals surface area contributed by atoms with Crippen LogP contribution in [-0.4, -0.2) is 36.6 Å². The van der Waals surface area contributed by atoms with Gasteiger partial charge in [-0.05, 0) is 24.5 Å². The lowest BCUT2D eigenvalue weighted by molar-refractivity contribution is -0.145. The first-order valence-electron chi connectivity index (χ1n) is 6.42. The maximum atomic E-state index is 11.5. The number of esters is 1. The van der Waals surface area contributed by atoms with Crippen molar-refractivity contribution in [2.24, 2.45) is 5.73 Å². The Hall–Kier alpha value is -1.39. The largest absolute Gasteiger partial charge is 0.465 e. The molecule has 1 aromatic carbocycles. The van der Waals surface area contributed by atoms with Gasteiger partial charge >= 0.3 is 5.97 Å². The zero-order valence-corrected chi connectivity index (χ0v) is 10.8. The van der Waals surface area contributed by atoms with Crippen molar-refractivity contribution in [3.63, 3.8) is 0 Å². The van der Waals surface area contributed by atoms with Gasteiger partial charge in [0.15, 0.2) is 0 Å². The molecule has 1 aliphatic heterocycles. The summed E-state index contributed by atoms with van der Waals surface area (Å²) in [5.74, 6) is -0.309. The molecule has 4 heteroatoms. The summed E-state index contributed by atoms with van der Waals surface area (Å²) in [6.45, 7) is 4.55. The third kappa shape index (κ3) is 3.09. The molecule has 18 heavy (non-hydrogen) atoms. The maximum absolute atomic E-state index is 11.5. The summed E-state index contributed by atoms with van der Waals surface area (Å²) >= 11 is 0. The molecule has 98 valence electrons. The summed E-state index contributed by atoms with van der Waals surface area (Å²) in [6, 6.07) is 7.87. The molecule has 0 radical (unpaired) electrons. The highest BCUT2D eigenvalue weighted by molar-refractivity contribution is 5.75. The Balaban J connectivity index is 1.91. The molecule has 4 nitrogen and oxygen atoms in total. The van der Waals surface area contributed by atoms with E-state index in [1.54, 1.807) is 6.92 Å². The normalized spacial score (nSPS) is 17.0. The second-order valence-electron chi connectivity index (χ2n) is 4.61. The maximum Gasteiger partial charge on any atom is 0.324 e. The van der Waals surface area contributed by atoms with Crippen LogP contribution in [0, 0.1) is 0 Å². The minimum Gasteiger partial charge on any atom is -0.465 e. The highest BCUT2D eigenvalue weighted by atomic mass is 16.5. The number of nitrogens with zero attached hydrogens (tertiary/aromatic N) is 1. The quantitative estimate of drug-likeness (QED) is 0.806. The topological polar surface area (TPSA) is 55.6 Å². The summed E-state index contributed by atoms with van der Waals surface area (Å²) in [5, 5.41) is 0. The van der Waals surface area contributed by atoms with Crippen molar-refractivity contribution in [2.45, 2.75) is 25.9 Å². The number of ether oxygens (including phenoxy) is 1. The van der Waals surface area contributed by atoms with Gasteiger partial charge in [-0.25, -0.2) is 0 Å². The average Bonchev–Trinajstić information content (AvgIpc) is 2.39. The Labute approximate surface area is 108 Å². The number of hydrogen-bond donors (Lipinski definition) is 1. The predicted molar refractivity (Wildman–Crippen MR) is 70.0 cm³/mol. The van der Waals surface area contributed by atoms with Crippen molar-refractivity contribution in [3.05, 3.63) is 35.4 Å². The van der Waals surface area contributed by atoms with Gasteiger partial charge in [0.2, 0.25) is 0 Å². The van der Waals surface area contributed by atoms with Crippen LogP contribution < -0.4 is 5.73 Å². The molecule has 2 rings (SSSR count). The molecule has 0 saturated heterocycles. The molecule has 0 saturated carbocycles.